The quantitative estimate of drug-likeness (QED) is 0.331. The Morgan fingerprint density at radius 1 is 1.14 bits per heavy atom. The van der Waals surface area contributed by atoms with Crippen LogP contribution >= 0.6 is 11.3 Å². The van der Waals surface area contributed by atoms with Crippen LogP contribution in [0.4, 0.5) is 5.00 Å². The maximum atomic E-state index is 13.6. The van der Waals surface area contributed by atoms with Crippen molar-refractivity contribution in [1.29, 1.82) is 0 Å². The van der Waals surface area contributed by atoms with Crippen molar-refractivity contribution in [2.24, 2.45) is 0 Å². The molecule has 0 aliphatic carbocycles. The minimum Gasteiger partial charge on any atom is -0.465 e. The van der Waals surface area contributed by atoms with Gasteiger partial charge in [0.25, 0.3) is 5.91 Å². The first-order chi connectivity index (χ1) is 17.4. The highest BCUT2D eigenvalue weighted by atomic mass is 32.1. The van der Waals surface area contributed by atoms with Crippen LogP contribution in [0, 0.1) is 6.92 Å². The van der Waals surface area contributed by atoms with E-state index in [1.54, 1.807) is 23.9 Å². The lowest BCUT2D eigenvalue weighted by atomic mass is 10.0. The fraction of sp³-hybridized carbons (Fsp3) is 0.269. The van der Waals surface area contributed by atoms with Gasteiger partial charge in [-0.15, -0.1) is 11.3 Å². The second-order valence-corrected chi connectivity index (χ2v) is 9.02. The van der Waals surface area contributed by atoms with Gasteiger partial charge in [0, 0.05) is 23.7 Å². The third-order valence-electron chi connectivity index (χ3n) is 5.60. The summed E-state index contributed by atoms with van der Waals surface area (Å²) < 4.78 is 12.0. The Balaban J connectivity index is 1.78. The van der Waals surface area contributed by atoms with Crippen molar-refractivity contribution in [2.75, 3.05) is 19.0 Å². The fourth-order valence-corrected chi connectivity index (χ4v) is 4.86. The molecular formula is C26H26N4O5S. The van der Waals surface area contributed by atoms with Gasteiger partial charge in [0.1, 0.15) is 9.88 Å². The number of carbonyl (C=O) groups is 3. The maximum absolute atomic E-state index is 13.6. The molecule has 3 aromatic heterocycles. The first-order valence-corrected chi connectivity index (χ1v) is 12.3. The van der Waals surface area contributed by atoms with E-state index in [4.69, 9.17) is 14.5 Å². The van der Waals surface area contributed by atoms with E-state index < -0.39 is 17.8 Å². The van der Waals surface area contributed by atoms with E-state index >= 15 is 0 Å². The largest absolute Gasteiger partial charge is 0.465 e. The minimum absolute atomic E-state index is 0.144. The number of pyridine rings is 1. The van der Waals surface area contributed by atoms with E-state index in [1.165, 1.54) is 7.11 Å². The van der Waals surface area contributed by atoms with E-state index in [0.29, 0.717) is 40.7 Å². The molecule has 9 nitrogen and oxygen atoms in total. The van der Waals surface area contributed by atoms with Crippen LogP contribution in [0.15, 0.2) is 42.7 Å². The molecule has 36 heavy (non-hydrogen) atoms. The molecule has 4 rings (SSSR count). The number of ether oxygens (including phenoxy) is 2. The van der Waals surface area contributed by atoms with Gasteiger partial charge in [-0.05, 0) is 38.0 Å². The Labute approximate surface area is 212 Å². The summed E-state index contributed by atoms with van der Waals surface area (Å²) in [7, 11) is 1.26. The lowest BCUT2D eigenvalue weighted by molar-refractivity contribution is 0.0506. The third kappa shape index (κ3) is 4.85. The molecule has 3 heterocycles. The second kappa shape index (κ2) is 10.7. The predicted octanol–water partition coefficient (Wildman–Crippen LogP) is 5.09. The van der Waals surface area contributed by atoms with Gasteiger partial charge in [0.15, 0.2) is 0 Å². The number of anilines is 1. The van der Waals surface area contributed by atoms with E-state index in [2.05, 4.69) is 10.4 Å². The van der Waals surface area contributed by atoms with Gasteiger partial charge in [-0.3, -0.25) is 9.48 Å². The fourth-order valence-electron chi connectivity index (χ4n) is 3.75. The number of aryl methyl sites for hydroxylation is 1. The lowest BCUT2D eigenvalue weighted by Gasteiger charge is -2.11. The normalized spacial score (nSPS) is 10.9. The maximum Gasteiger partial charge on any atom is 0.348 e. The SMILES string of the molecule is CCCOC(=O)c1c(NC(=O)c2cc(-c3cnn(CC)c3)nc3ccccc23)sc(C(=O)OC)c1C. The highest BCUT2D eigenvalue weighted by Gasteiger charge is 2.28. The second-order valence-electron chi connectivity index (χ2n) is 8.00. The summed E-state index contributed by atoms with van der Waals surface area (Å²) in [4.78, 5) is 43.7. The third-order valence-corrected chi connectivity index (χ3v) is 6.79. The molecule has 0 aliphatic heterocycles. The number of esters is 2. The number of thiophene rings is 1. The molecular weight excluding hydrogens is 480 g/mol. The van der Waals surface area contributed by atoms with E-state index in [1.807, 2.05) is 44.3 Å². The van der Waals surface area contributed by atoms with Crippen molar-refractivity contribution in [3.05, 3.63) is 64.3 Å². The van der Waals surface area contributed by atoms with Crippen LogP contribution in [0.3, 0.4) is 0 Å². The Morgan fingerprint density at radius 2 is 1.92 bits per heavy atom. The topological polar surface area (TPSA) is 112 Å². The van der Waals surface area contributed by atoms with Gasteiger partial charge in [-0.1, -0.05) is 25.1 Å². The van der Waals surface area contributed by atoms with Crippen molar-refractivity contribution in [3.8, 4) is 11.3 Å². The summed E-state index contributed by atoms with van der Waals surface area (Å²) in [5, 5.41) is 8.02. The Morgan fingerprint density at radius 3 is 2.61 bits per heavy atom. The number of hydrogen-bond donors (Lipinski definition) is 1. The number of rotatable bonds is 8. The van der Waals surface area contributed by atoms with E-state index in [9.17, 15) is 14.4 Å². The van der Waals surface area contributed by atoms with Gasteiger partial charge in [-0.25, -0.2) is 14.6 Å². The number of fused-ring (bicyclic) bond motifs is 1. The van der Waals surface area contributed by atoms with Crippen molar-refractivity contribution in [2.45, 2.75) is 33.7 Å². The number of methoxy groups -OCH3 is 1. The molecule has 10 heteroatoms. The van der Waals surface area contributed by atoms with Crippen LogP contribution in [0.1, 0.15) is 56.2 Å². The molecule has 0 saturated heterocycles. The molecule has 0 aliphatic rings. The zero-order chi connectivity index (χ0) is 25.8. The molecule has 1 N–H and O–H groups in total. The molecule has 0 unspecified atom stereocenters. The van der Waals surface area contributed by atoms with Gasteiger partial charge in [0.2, 0.25) is 0 Å². The standard InChI is InChI=1S/C26H26N4O5S/c1-5-11-35-25(32)21-15(3)22(26(33)34-4)36-24(21)29-23(31)18-12-20(16-13-27-30(6-2)14-16)28-19-10-8-7-9-17(18)19/h7-10,12-14H,5-6,11H2,1-4H3,(H,29,31). The number of amides is 1. The molecule has 0 fully saturated rings. The van der Waals surface area contributed by atoms with Crippen LogP contribution in [0.5, 0.6) is 0 Å². The summed E-state index contributed by atoms with van der Waals surface area (Å²) >= 11 is 0.980. The molecule has 186 valence electrons. The van der Waals surface area contributed by atoms with Crippen LogP contribution < -0.4 is 5.32 Å². The number of para-hydroxylation sites is 1. The highest BCUT2D eigenvalue weighted by molar-refractivity contribution is 7.18. The monoisotopic (exact) mass is 506 g/mol. The minimum atomic E-state index is -0.608. The molecule has 1 aromatic carbocycles. The Kier molecular flexibility index (Phi) is 7.44. The van der Waals surface area contributed by atoms with E-state index in [-0.39, 0.29) is 22.0 Å². The highest BCUT2D eigenvalue weighted by Crippen LogP contribution is 2.35. The molecule has 0 radical (unpaired) electrons. The first kappa shape index (κ1) is 25.1. The van der Waals surface area contributed by atoms with Crippen LogP contribution in [0.2, 0.25) is 0 Å². The molecule has 0 spiro atoms. The van der Waals surface area contributed by atoms with Crippen LogP contribution in [-0.4, -0.2) is 46.3 Å². The number of nitrogens with zero attached hydrogens (tertiary/aromatic N) is 3. The van der Waals surface area contributed by atoms with Crippen molar-refractivity contribution in [1.82, 2.24) is 14.8 Å². The van der Waals surface area contributed by atoms with Gasteiger partial charge >= 0.3 is 11.9 Å². The summed E-state index contributed by atoms with van der Waals surface area (Å²) in [6.07, 6.45) is 4.21. The number of hydrogen-bond acceptors (Lipinski definition) is 8. The van der Waals surface area contributed by atoms with Gasteiger partial charge < -0.3 is 14.8 Å². The Bertz CT molecular complexity index is 1460. The smallest absolute Gasteiger partial charge is 0.348 e. The predicted molar refractivity (Wildman–Crippen MR) is 138 cm³/mol. The average molecular weight is 507 g/mol. The molecule has 0 saturated carbocycles. The number of benzene rings is 1. The van der Waals surface area contributed by atoms with Crippen LogP contribution in [0.25, 0.3) is 22.2 Å². The summed E-state index contributed by atoms with van der Waals surface area (Å²) in [5.41, 5.74) is 2.93. The van der Waals surface area contributed by atoms with Crippen molar-refractivity contribution >= 4 is 45.1 Å². The zero-order valence-electron chi connectivity index (χ0n) is 20.5. The average Bonchev–Trinajstić information content (AvgIpc) is 3.50. The molecule has 0 atom stereocenters. The van der Waals surface area contributed by atoms with Crippen molar-refractivity contribution in [3.63, 3.8) is 0 Å². The zero-order valence-corrected chi connectivity index (χ0v) is 21.3. The molecule has 1 amide bonds. The first-order valence-electron chi connectivity index (χ1n) is 11.5. The van der Waals surface area contributed by atoms with Crippen LogP contribution in [-0.2, 0) is 16.0 Å². The number of nitrogens with one attached hydrogen (secondary N) is 1. The molecule has 0 bridgehead atoms. The van der Waals surface area contributed by atoms with Crippen molar-refractivity contribution < 1.29 is 23.9 Å². The number of aromatic nitrogens is 3. The molecule has 4 aromatic rings. The van der Waals surface area contributed by atoms with Gasteiger partial charge in [-0.2, -0.15) is 5.10 Å². The lowest BCUT2D eigenvalue weighted by Crippen LogP contribution is -2.16. The Hall–Kier alpha value is -4.05. The summed E-state index contributed by atoms with van der Waals surface area (Å²) in [5.74, 6) is -1.64. The van der Waals surface area contributed by atoms with E-state index in [0.717, 1.165) is 16.9 Å². The summed E-state index contributed by atoms with van der Waals surface area (Å²) in [6, 6.07) is 9.02. The number of carbonyl (C=O) groups excluding carboxylic acids is 3. The summed E-state index contributed by atoms with van der Waals surface area (Å²) in [6.45, 7) is 6.42. The van der Waals surface area contributed by atoms with Gasteiger partial charge in [0.05, 0.1) is 42.3 Å².